The molecule has 1 N–H and O–H groups in total. The summed E-state index contributed by atoms with van der Waals surface area (Å²) in [5, 5.41) is 7.45. The van der Waals surface area contributed by atoms with Crippen molar-refractivity contribution in [2.24, 2.45) is 7.05 Å². The molecule has 1 heterocycles. The third-order valence-corrected chi connectivity index (χ3v) is 2.27. The summed E-state index contributed by atoms with van der Waals surface area (Å²) in [5.41, 5.74) is 1.25. The molecule has 0 fully saturated rings. The first kappa shape index (κ1) is 11.2. The molecule has 0 aliphatic rings. The molecule has 80 valence electrons. The first-order valence-electron chi connectivity index (χ1n) is 5.10. The molecular weight excluding hydrogens is 176 g/mol. The van der Waals surface area contributed by atoms with Crippen molar-refractivity contribution >= 4 is 0 Å². The molecular formula is C10H20N4. The molecule has 0 unspecified atom stereocenters. The van der Waals surface area contributed by atoms with E-state index in [2.05, 4.69) is 35.4 Å². The van der Waals surface area contributed by atoms with Gasteiger partial charge in [-0.15, -0.1) is 0 Å². The second-order valence-electron chi connectivity index (χ2n) is 3.54. The lowest BCUT2D eigenvalue weighted by atomic mass is 10.4. The van der Waals surface area contributed by atoms with E-state index in [4.69, 9.17) is 0 Å². The second-order valence-corrected chi connectivity index (χ2v) is 3.54. The zero-order chi connectivity index (χ0) is 10.4. The summed E-state index contributed by atoms with van der Waals surface area (Å²) in [4.78, 5) is 2.29. The van der Waals surface area contributed by atoms with Gasteiger partial charge in [-0.2, -0.15) is 5.10 Å². The summed E-state index contributed by atoms with van der Waals surface area (Å²) in [7, 11) is 4.11. The van der Waals surface area contributed by atoms with E-state index in [1.54, 1.807) is 0 Å². The van der Waals surface area contributed by atoms with Gasteiger partial charge in [0.2, 0.25) is 0 Å². The summed E-state index contributed by atoms with van der Waals surface area (Å²) < 4.78 is 1.92. The van der Waals surface area contributed by atoms with Gasteiger partial charge in [0.1, 0.15) is 0 Å². The molecule has 0 radical (unpaired) electrons. The van der Waals surface area contributed by atoms with Gasteiger partial charge in [-0.05, 0) is 19.7 Å². The highest BCUT2D eigenvalue weighted by Gasteiger charge is 2.02. The van der Waals surface area contributed by atoms with E-state index >= 15 is 0 Å². The molecule has 0 aromatic carbocycles. The van der Waals surface area contributed by atoms with Gasteiger partial charge in [0, 0.05) is 32.9 Å². The average molecular weight is 196 g/mol. The minimum absolute atomic E-state index is 0.960. The van der Waals surface area contributed by atoms with Gasteiger partial charge >= 0.3 is 0 Å². The number of nitrogens with zero attached hydrogens (tertiary/aromatic N) is 3. The molecule has 0 amide bonds. The highest BCUT2D eigenvalue weighted by atomic mass is 15.3. The number of hydrogen-bond acceptors (Lipinski definition) is 3. The monoisotopic (exact) mass is 196 g/mol. The summed E-state index contributed by atoms with van der Waals surface area (Å²) in [5.74, 6) is 0. The van der Waals surface area contributed by atoms with E-state index in [0.29, 0.717) is 0 Å². The molecule has 0 aliphatic heterocycles. The van der Waals surface area contributed by atoms with Gasteiger partial charge in [0.05, 0.1) is 5.69 Å². The minimum atomic E-state index is 0.960. The fraction of sp³-hybridized carbons (Fsp3) is 0.700. The normalized spacial score (nSPS) is 11.1. The summed E-state index contributed by atoms with van der Waals surface area (Å²) in [6.07, 6.45) is 1.84. The van der Waals surface area contributed by atoms with Crippen molar-refractivity contribution in [3.8, 4) is 0 Å². The predicted molar refractivity (Wildman–Crippen MR) is 58.1 cm³/mol. The van der Waals surface area contributed by atoms with Crippen molar-refractivity contribution in [3.63, 3.8) is 0 Å². The first-order chi connectivity index (χ1) is 6.74. The maximum atomic E-state index is 4.14. The third-order valence-electron chi connectivity index (χ3n) is 2.27. The van der Waals surface area contributed by atoms with E-state index in [-0.39, 0.29) is 0 Å². The lowest BCUT2D eigenvalue weighted by molar-refractivity contribution is 0.316. The van der Waals surface area contributed by atoms with Crippen LogP contribution in [0.5, 0.6) is 0 Å². The Labute approximate surface area is 85.9 Å². The Morgan fingerprint density at radius 3 is 2.93 bits per heavy atom. The maximum Gasteiger partial charge on any atom is 0.0520 e. The van der Waals surface area contributed by atoms with E-state index in [0.717, 1.165) is 26.2 Å². The van der Waals surface area contributed by atoms with Crippen LogP contribution in [-0.2, 0) is 13.6 Å². The summed E-state index contributed by atoms with van der Waals surface area (Å²) >= 11 is 0. The van der Waals surface area contributed by atoms with Crippen LogP contribution in [0.25, 0.3) is 0 Å². The fourth-order valence-electron chi connectivity index (χ4n) is 1.36. The Morgan fingerprint density at radius 2 is 2.36 bits per heavy atom. The standard InChI is InChI=1S/C10H20N4/c1-4-11-7-8-13(2)9-10-5-6-12-14(10)3/h5-6,11H,4,7-9H2,1-3H3. The van der Waals surface area contributed by atoms with Gasteiger partial charge in [-0.25, -0.2) is 0 Å². The van der Waals surface area contributed by atoms with Gasteiger partial charge in [0.25, 0.3) is 0 Å². The molecule has 1 aromatic heterocycles. The second kappa shape index (κ2) is 5.78. The van der Waals surface area contributed by atoms with Crippen LogP contribution in [0.3, 0.4) is 0 Å². The quantitative estimate of drug-likeness (QED) is 0.671. The first-order valence-corrected chi connectivity index (χ1v) is 5.10. The van der Waals surface area contributed by atoms with Crippen LogP contribution in [0, 0.1) is 0 Å². The van der Waals surface area contributed by atoms with Crippen molar-refractivity contribution < 1.29 is 0 Å². The molecule has 4 nitrogen and oxygen atoms in total. The molecule has 0 saturated carbocycles. The summed E-state index contributed by atoms with van der Waals surface area (Å²) in [6.45, 7) is 6.24. The smallest absolute Gasteiger partial charge is 0.0520 e. The molecule has 4 heteroatoms. The third kappa shape index (κ3) is 3.47. The van der Waals surface area contributed by atoms with Gasteiger partial charge < -0.3 is 5.32 Å². The van der Waals surface area contributed by atoms with E-state index in [1.807, 2.05) is 17.9 Å². The lowest BCUT2D eigenvalue weighted by Gasteiger charge is -2.16. The average Bonchev–Trinajstić information content (AvgIpc) is 2.52. The van der Waals surface area contributed by atoms with Crippen LogP contribution in [0.15, 0.2) is 12.3 Å². The Balaban J connectivity index is 2.27. The molecule has 1 rings (SSSR count). The molecule has 1 aromatic rings. The number of likely N-dealkylation sites (N-methyl/N-ethyl adjacent to an activating group) is 2. The van der Waals surface area contributed by atoms with Crippen molar-refractivity contribution in [1.29, 1.82) is 0 Å². The topological polar surface area (TPSA) is 33.1 Å². The van der Waals surface area contributed by atoms with Gasteiger partial charge in [0.15, 0.2) is 0 Å². The Kier molecular flexibility index (Phi) is 4.62. The van der Waals surface area contributed by atoms with E-state index in [9.17, 15) is 0 Å². The zero-order valence-electron chi connectivity index (χ0n) is 9.32. The van der Waals surface area contributed by atoms with Crippen LogP contribution < -0.4 is 5.32 Å². The van der Waals surface area contributed by atoms with E-state index < -0.39 is 0 Å². The predicted octanol–water partition coefficient (Wildman–Crippen LogP) is 0.461. The Bertz CT molecular complexity index is 256. The van der Waals surface area contributed by atoms with Crippen molar-refractivity contribution in [3.05, 3.63) is 18.0 Å². The zero-order valence-corrected chi connectivity index (χ0v) is 9.32. The minimum Gasteiger partial charge on any atom is -0.316 e. The molecule has 14 heavy (non-hydrogen) atoms. The lowest BCUT2D eigenvalue weighted by Crippen LogP contribution is -2.29. The molecule has 0 bridgehead atoms. The number of aryl methyl sites for hydroxylation is 1. The Hall–Kier alpha value is -0.870. The van der Waals surface area contributed by atoms with Crippen LogP contribution in [0.2, 0.25) is 0 Å². The highest BCUT2D eigenvalue weighted by molar-refractivity contribution is 4.99. The largest absolute Gasteiger partial charge is 0.316 e. The van der Waals surface area contributed by atoms with Crippen molar-refractivity contribution in [2.45, 2.75) is 13.5 Å². The van der Waals surface area contributed by atoms with E-state index in [1.165, 1.54) is 5.69 Å². The van der Waals surface area contributed by atoms with Gasteiger partial charge in [-0.1, -0.05) is 6.92 Å². The van der Waals surface area contributed by atoms with Gasteiger partial charge in [-0.3, -0.25) is 9.58 Å². The number of hydrogen-bond donors (Lipinski definition) is 1. The number of aromatic nitrogens is 2. The number of rotatable bonds is 6. The van der Waals surface area contributed by atoms with Crippen molar-refractivity contribution in [1.82, 2.24) is 20.0 Å². The SMILES string of the molecule is CCNCCN(C)Cc1ccnn1C. The molecule has 0 saturated heterocycles. The maximum absolute atomic E-state index is 4.14. The summed E-state index contributed by atoms with van der Waals surface area (Å²) in [6, 6.07) is 2.06. The van der Waals surface area contributed by atoms with Crippen LogP contribution in [0.1, 0.15) is 12.6 Å². The Morgan fingerprint density at radius 1 is 1.57 bits per heavy atom. The molecule has 0 atom stereocenters. The molecule has 0 aliphatic carbocycles. The fourth-order valence-corrected chi connectivity index (χ4v) is 1.36. The highest BCUT2D eigenvalue weighted by Crippen LogP contribution is 1.99. The van der Waals surface area contributed by atoms with Crippen LogP contribution >= 0.6 is 0 Å². The number of nitrogens with one attached hydrogen (secondary N) is 1. The molecule has 0 spiro atoms. The van der Waals surface area contributed by atoms with Crippen LogP contribution in [-0.4, -0.2) is 41.4 Å². The van der Waals surface area contributed by atoms with Crippen LogP contribution in [0.4, 0.5) is 0 Å². The van der Waals surface area contributed by atoms with Crippen molar-refractivity contribution in [2.75, 3.05) is 26.7 Å².